The van der Waals surface area contributed by atoms with E-state index in [1.165, 1.54) is 33.8 Å². The van der Waals surface area contributed by atoms with Crippen molar-refractivity contribution in [1.29, 1.82) is 0 Å². The van der Waals surface area contributed by atoms with Gasteiger partial charge in [-0.05, 0) is 30.5 Å². The Balaban J connectivity index is 1.16. The quantitative estimate of drug-likeness (QED) is 0.604. The lowest BCUT2D eigenvalue weighted by Crippen LogP contribution is -2.56. The number of nitrogens with zero attached hydrogens (tertiary/aromatic N) is 7. The zero-order valence-corrected chi connectivity index (χ0v) is 22.9. The van der Waals surface area contributed by atoms with E-state index in [4.69, 9.17) is 0 Å². The predicted molar refractivity (Wildman–Crippen MR) is 145 cm³/mol. The van der Waals surface area contributed by atoms with Gasteiger partial charge < -0.3 is 19.6 Å². The summed E-state index contributed by atoms with van der Waals surface area (Å²) in [4.78, 5) is 35.8. The van der Waals surface area contributed by atoms with Gasteiger partial charge in [-0.25, -0.2) is 18.0 Å². The fourth-order valence-corrected chi connectivity index (χ4v) is 5.59. The number of sulfonamides is 1. The molecular formula is C25H36N8O4S. The van der Waals surface area contributed by atoms with Crippen molar-refractivity contribution in [2.75, 3.05) is 81.3 Å². The molecule has 0 atom stereocenters. The number of amides is 3. The Kier molecular flexibility index (Phi) is 7.48. The van der Waals surface area contributed by atoms with E-state index in [0.29, 0.717) is 13.1 Å². The molecule has 0 bridgehead atoms. The summed E-state index contributed by atoms with van der Waals surface area (Å²) >= 11 is 0. The number of carbonyl (C=O) groups is 2. The van der Waals surface area contributed by atoms with Crippen LogP contribution in [0.4, 0.5) is 21.1 Å². The second-order valence-corrected chi connectivity index (χ2v) is 12.0. The Morgan fingerprint density at radius 2 is 1.50 bits per heavy atom. The lowest BCUT2D eigenvalue weighted by molar-refractivity contribution is 0.124. The van der Waals surface area contributed by atoms with Gasteiger partial charge in [0.15, 0.2) is 5.82 Å². The topological polar surface area (TPSA) is 114 Å². The van der Waals surface area contributed by atoms with Crippen molar-refractivity contribution in [3.63, 3.8) is 0 Å². The van der Waals surface area contributed by atoms with Gasteiger partial charge in [0.1, 0.15) is 0 Å². The van der Waals surface area contributed by atoms with Crippen LogP contribution in [0.3, 0.4) is 0 Å². The highest BCUT2D eigenvalue weighted by molar-refractivity contribution is 7.92. The minimum atomic E-state index is -3.46. The van der Waals surface area contributed by atoms with Gasteiger partial charge in [0.25, 0.3) is 0 Å². The van der Waals surface area contributed by atoms with E-state index in [1.807, 2.05) is 9.80 Å². The summed E-state index contributed by atoms with van der Waals surface area (Å²) in [6, 6.07) is 7.94. The molecule has 3 saturated heterocycles. The molecule has 3 aliphatic rings. The Morgan fingerprint density at radius 1 is 0.868 bits per heavy atom. The number of nitrogens with one attached hydrogen (secondary N) is 1. The molecule has 206 valence electrons. The molecular weight excluding hydrogens is 508 g/mol. The van der Waals surface area contributed by atoms with Crippen molar-refractivity contribution in [1.82, 2.24) is 29.4 Å². The minimum Gasteiger partial charge on any atom is -0.368 e. The van der Waals surface area contributed by atoms with Gasteiger partial charge >= 0.3 is 12.1 Å². The van der Waals surface area contributed by atoms with Gasteiger partial charge in [-0.2, -0.15) is 4.68 Å². The zero-order valence-electron chi connectivity index (χ0n) is 22.0. The van der Waals surface area contributed by atoms with E-state index < -0.39 is 10.0 Å². The summed E-state index contributed by atoms with van der Waals surface area (Å²) in [6.07, 6.45) is 3.62. The summed E-state index contributed by atoms with van der Waals surface area (Å²) in [5, 5.41) is 4.05. The molecule has 0 radical (unpaired) electrons. The molecule has 3 fully saturated rings. The molecule has 3 aliphatic heterocycles. The number of aromatic nitrogens is 2. The molecule has 4 heterocycles. The number of rotatable bonds is 5. The Morgan fingerprint density at radius 3 is 2.13 bits per heavy atom. The second-order valence-electron chi connectivity index (χ2n) is 10.3. The Hall–Kier alpha value is -3.32. The average molecular weight is 545 g/mol. The number of piperazine rings is 2. The number of anilines is 2. The maximum Gasteiger partial charge on any atom is 0.344 e. The first-order valence-corrected chi connectivity index (χ1v) is 15.0. The molecule has 13 heteroatoms. The van der Waals surface area contributed by atoms with Crippen molar-refractivity contribution < 1.29 is 18.0 Å². The van der Waals surface area contributed by atoms with E-state index in [1.54, 1.807) is 4.90 Å². The second kappa shape index (κ2) is 10.8. The molecule has 1 aromatic carbocycles. The molecule has 0 aliphatic carbocycles. The van der Waals surface area contributed by atoms with Crippen molar-refractivity contribution in [3.8, 4) is 0 Å². The van der Waals surface area contributed by atoms with Crippen LogP contribution in [-0.2, 0) is 16.6 Å². The van der Waals surface area contributed by atoms with Crippen molar-refractivity contribution >= 4 is 33.6 Å². The van der Waals surface area contributed by atoms with Crippen LogP contribution in [0.15, 0.2) is 30.5 Å². The third kappa shape index (κ3) is 6.04. The lowest BCUT2D eigenvalue weighted by atomic mass is 10.1. The standard InChI is InChI=1S/C25H36N8O4S/c1-20-4-5-21(22(18-20)29-14-16-31(17-15-29)24(34)30-7-3-8-30)19-28-10-12-32(13-11-28)25(35)33-9-6-23(26-33)27-38(2,36)37/h4-6,9,18H,3,7-8,10-17,19H2,1-2H3,(H,26,27). The van der Waals surface area contributed by atoms with Crippen LogP contribution in [0.25, 0.3) is 0 Å². The smallest absolute Gasteiger partial charge is 0.344 e. The third-order valence-corrected chi connectivity index (χ3v) is 7.95. The fourth-order valence-electron chi connectivity index (χ4n) is 5.11. The monoisotopic (exact) mass is 544 g/mol. The van der Waals surface area contributed by atoms with E-state index in [2.05, 4.69) is 44.7 Å². The highest BCUT2D eigenvalue weighted by Crippen LogP contribution is 2.26. The number of likely N-dealkylation sites (tertiary alicyclic amines) is 1. The first-order chi connectivity index (χ1) is 18.2. The molecule has 38 heavy (non-hydrogen) atoms. The van der Waals surface area contributed by atoms with Crippen molar-refractivity contribution in [3.05, 3.63) is 41.6 Å². The number of aryl methyl sites for hydroxylation is 1. The summed E-state index contributed by atoms with van der Waals surface area (Å²) in [7, 11) is -3.46. The molecule has 0 saturated carbocycles. The summed E-state index contributed by atoms with van der Waals surface area (Å²) in [5.41, 5.74) is 3.69. The van der Waals surface area contributed by atoms with Crippen LogP contribution in [0.1, 0.15) is 17.5 Å². The highest BCUT2D eigenvalue weighted by atomic mass is 32.2. The fraction of sp³-hybridized carbons (Fsp3) is 0.560. The molecule has 0 unspecified atom stereocenters. The van der Waals surface area contributed by atoms with E-state index in [0.717, 1.165) is 71.6 Å². The summed E-state index contributed by atoms with van der Waals surface area (Å²) in [5.74, 6) is 0.122. The van der Waals surface area contributed by atoms with Crippen LogP contribution in [0.5, 0.6) is 0 Å². The number of hydrogen-bond donors (Lipinski definition) is 1. The van der Waals surface area contributed by atoms with Gasteiger partial charge in [0.05, 0.1) is 6.26 Å². The largest absolute Gasteiger partial charge is 0.368 e. The summed E-state index contributed by atoms with van der Waals surface area (Å²) < 4.78 is 26.3. The first-order valence-electron chi connectivity index (χ1n) is 13.1. The van der Waals surface area contributed by atoms with E-state index >= 15 is 0 Å². The highest BCUT2D eigenvalue weighted by Gasteiger charge is 2.29. The summed E-state index contributed by atoms with van der Waals surface area (Å²) in [6.45, 7) is 10.3. The van der Waals surface area contributed by atoms with Gasteiger partial charge in [0, 0.05) is 89.9 Å². The van der Waals surface area contributed by atoms with E-state index in [-0.39, 0.29) is 17.9 Å². The van der Waals surface area contributed by atoms with Crippen molar-refractivity contribution in [2.45, 2.75) is 19.9 Å². The van der Waals surface area contributed by atoms with Gasteiger partial charge in [0.2, 0.25) is 10.0 Å². The maximum absolute atomic E-state index is 12.9. The maximum atomic E-state index is 12.9. The Bertz CT molecular complexity index is 1280. The molecule has 5 rings (SSSR count). The number of carbonyl (C=O) groups excluding carboxylic acids is 2. The van der Waals surface area contributed by atoms with Gasteiger partial charge in [-0.15, -0.1) is 5.10 Å². The Labute approximate surface area is 223 Å². The van der Waals surface area contributed by atoms with Gasteiger partial charge in [-0.3, -0.25) is 9.62 Å². The lowest BCUT2D eigenvalue weighted by Gasteiger charge is -2.42. The van der Waals surface area contributed by atoms with Crippen LogP contribution in [0, 0.1) is 6.92 Å². The van der Waals surface area contributed by atoms with Crippen molar-refractivity contribution in [2.24, 2.45) is 0 Å². The third-order valence-electron chi connectivity index (χ3n) is 7.37. The average Bonchev–Trinajstić information content (AvgIpc) is 3.31. The van der Waals surface area contributed by atoms with Crippen LogP contribution in [0.2, 0.25) is 0 Å². The number of urea groups is 1. The van der Waals surface area contributed by atoms with E-state index in [9.17, 15) is 18.0 Å². The normalized spacial score (nSPS) is 18.9. The molecule has 2 aromatic rings. The molecule has 0 spiro atoms. The van der Waals surface area contributed by atoms with Crippen LogP contribution < -0.4 is 9.62 Å². The number of hydrogen-bond acceptors (Lipinski definition) is 7. The molecule has 3 amide bonds. The molecule has 12 nitrogen and oxygen atoms in total. The number of benzene rings is 1. The zero-order chi connectivity index (χ0) is 26.9. The van der Waals surface area contributed by atoms with Crippen LogP contribution >= 0.6 is 0 Å². The predicted octanol–water partition coefficient (Wildman–Crippen LogP) is 1.30. The van der Waals surface area contributed by atoms with Gasteiger partial charge in [-0.1, -0.05) is 12.1 Å². The molecule has 1 N–H and O–H groups in total. The minimum absolute atomic E-state index is 0.122. The first kappa shape index (κ1) is 26.3. The van der Waals surface area contributed by atoms with Crippen LogP contribution in [-0.4, -0.2) is 122 Å². The SMILES string of the molecule is Cc1ccc(CN2CCN(C(=O)n3ccc(NS(C)(=O)=O)n3)CC2)c(N2CCN(C(=O)N3CCC3)CC2)c1. The molecule has 1 aromatic heterocycles.